The van der Waals surface area contributed by atoms with Gasteiger partial charge in [0.1, 0.15) is 11.9 Å². The van der Waals surface area contributed by atoms with Crippen LogP contribution in [0.15, 0.2) is 54.7 Å². The summed E-state index contributed by atoms with van der Waals surface area (Å²) in [5, 5.41) is 1.24. The number of rotatable bonds is 3. The molecule has 0 saturated carbocycles. The third-order valence-corrected chi connectivity index (χ3v) is 4.19. The Balaban J connectivity index is 1.59. The maximum atomic E-state index is 6.03. The fourth-order valence-electron chi connectivity index (χ4n) is 3.11. The molecule has 1 aliphatic heterocycles. The standard InChI is InChI=1S/C18H18N2O/c19-11-13-5-6-17-14(9-13)7-8-20(17)12-16-10-15-3-1-2-4-18(15)21-16/h1-9,16H,10-12,19H2. The van der Waals surface area contributed by atoms with Crippen LogP contribution in [-0.4, -0.2) is 10.7 Å². The number of aromatic nitrogens is 1. The van der Waals surface area contributed by atoms with Crippen LogP contribution in [0.25, 0.3) is 10.9 Å². The van der Waals surface area contributed by atoms with E-state index in [2.05, 4.69) is 53.2 Å². The maximum absolute atomic E-state index is 6.03. The summed E-state index contributed by atoms with van der Waals surface area (Å²) in [6.45, 7) is 1.46. The molecule has 0 saturated heterocycles. The monoisotopic (exact) mass is 278 g/mol. The molecular weight excluding hydrogens is 260 g/mol. The van der Waals surface area contributed by atoms with E-state index in [0.717, 1.165) is 18.7 Å². The van der Waals surface area contributed by atoms with Gasteiger partial charge in [-0.3, -0.25) is 0 Å². The second kappa shape index (κ2) is 4.93. The first kappa shape index (κ1) is 12.5. The summed E-state index contributed by atoms with van der Waals surface area (Å²) >= 11 is 0. The van der Waals surface area contributed by atoms with Crippen LogP contribution >= 0.6 is 0 Å². The lowest BCUT2D eigenvalue weighted by molar-refractivity contribution is 0.211. The van der Waals surface area contributed by atoms with E-state index in [1.54, 1.807) is 0 Å². The SMILES string of the molecule is NCc1ccc2c(ccn2CC2Cc3ccccc3O2)c1. The van der Waals surface area contributed by atoms with Crippen molar-refractivity contribution in [3.8, 4) is 5.75 Å². The summed E-state index contributed by atoms with van der Waals surface area (Å²) in [7, 11) is 0. The molecule has 3 heteroatoms. The van der Waals surface area contributed by atoms with Crippen LogP contribution in [-0.2, 0) is 19.5 Å². The van der Waals surface area contributed by atoms with Gasteiger partial charge in [0.25, 0.3) is 0 Å². The van der Waals surface area contributed by atoms with Crippen LogP contribution in [0.4, 0.5) is 0 Å². The van der Waals surface area contributed by atoms with Gasteiger partial charge in [0.2, 0.25) is 0 Å². The summed E-state index contributed by atoms with van der Waals surface area (Å²) in [6.07, 6.45) is 3.33. The molecule has 4 rings (SSSR count). The number of nitrogens with zero attached hydrogens (tertiary/aromatic N) is 1. The highest BCUT2D eigenvalue weighted by Crippen LogP contribution is 2.29. The van der Waals surface area contributed by atoms with Crippen molar-refractivity contribution in [2.24, 2.45) is 5.73 Å². The summed E-state index contributed by atoms with van der Waals surface area (Å²) in [5.74, 6) is 1.03. The Labute approximate surface area is 123 Å². The largest absolute Gasteiger partial charge is 0.488 e. The Morgan fingerprint density at radius 1 is 1.14 bits per heavy atom. The Morgan fingerprint density at radius 3 is 2.90 bits per heavy atom. The van der Waals surface area contributed by atoms with E-state index in [1.165, 1.54) is 22.0 Å². The van der Waals surface area contributed by atoms with E-state index >= 15 is 0 Å². The van der Waals surface area contributed by atoms with Crippen LogP contribution < -0.4 is 10.5 Å². The van der Waals surface area contributed by atoms with Crippen molar-refractivity contribution >= 4 is 10.9 Å². The number of ether oxygens (including phenoxy) is 1. The summed E-state index contributed by atoms with van der Waals surface area (Å²) in [4.78, 5) is 0. The Morgan fingerprint density at radius 2 is 2.05 bits per heavy atom. The molecule has 2 aromatic carbocycles. The van der Waals surface area contributed by atoms with Crippen LogP contribution in [0.5, 0.6) is 5.75 Å². The lowest BCUT2D eigenvalue weighted by atomic mass is 10.1. The van der Waals surface area contributed by atoms with Gasteiger partial charge in [-0.1, -0.05) is 24.3 Å². The van der Waals surface area contributed by atoms with Gasteiger partial charge >= 0.3 is 0 Å². The third-order valence-electron chi connectivity index (χ3n) is 4.19. The first-order chi connectivity index (χ1) is 10.3. The third kappa shape index (κ3) is 2.20. The lowest BCUT2D eigenvalue weighted by Gasteiger charge is -2.13. The van der Waals surface area contributed by atoms with Gasteiger partial charge in [0, 0.05) is 24.7 Å². The van der Waals surface area contributed by atoms with Crippen molar-refractivity contribution in [2.45, 2.75) is 25.6 Å². The summed E-state index contributed by atoms with van der Waals surface area (Å²) in [5.41, 5.74) is 9.42. The van der Waals surface area contributed by atoms with Crippen molar-refractivity contribution < 1.29 is 4.74 Å². The molecule has 0 aliphatic carbocycles. The number of hydrogen-bond acceptors (Lipinski definition) is 2. The highest BCUT2D eigenvalue weighted by atomic mass is 16.5. The van der Waals surface area contributed by atoms with E-state index in [0.29, 0.717) is 6.54 Å². The van der Waals surface area contributed by atoms with Crippen LogP contribution in [0.3, 0.4) is 0 Å². The minimum atomic E-state index is 0.215. The van der Waals surface area contributed by atoms with Crippen molar-refractivity contribution in [1.82, 2.24) is 4.57 Å². The smallest absolute Gasteiger partial charge is 0.123 e. The van der Waals surface area contributed by atoms with Gasteiger partial charge in [-0.2, -0.15) is 0 Å². The van der Waals surface area contributed by atoms with E-state index in [1.807, 2.05) is 6.07 Å². The van der Waals surface area contributed by atoms with Crippen LogP contribution in [0, 0.1) is 0 Å². The predicted molar refractivity (Wildman–Crippen MR) is 84.4 cm³/mol. The van der Waals surface area contributed by atoms with Crippen molar-refractivity contribution in [3.05, 3.63) is 65.9 Å². The molecule has 0 spiro atoms. The van der Waals surface area contributed by atoms with Crippen molar-refractivity contribution in [3.63, 3.8) is 0 Å². The highest BCUT2D eigenvalue weighted by Gasteiger charge is 2.22. The summed E-state index contributed by atoms with van der Waals surface area (Å²) in [6, 6.07) is 16.9. The van der Waals surface area contributed by atoms with E-state index in [-0.39, 0.29) is 6.10 Å². The molecule has 0 bridgehead atoms. The fraction of sp³-hybridized carbons (Fsp3) is 0.222. The van der Waals surface area contributed by atoms with Gasteiger partial charge in [-0.15, -0.1) is 0 Å². The minimum absolute atomic E-state index is 0.215. The Hall–Kier alpha value is -2.26. The number of nitrogens with two attached hydrogens (primary N) is 1. The average Bonchev–Trinajstić information content (AvgIpc) is 3.10. The number of hydrogen-bond donors (Lipinski definition) is 1. The van der Waals surface area contributed by atoms with Gasteiger partial charge in [0.15, 0.2) is 0 Å². The molecule has 1 unspecified atom stereocenters. The fourth-order valence-corrected chi connectivity index (χ4v) is 3.11. The molecule has 0 radical (unpaired) electrons. The molecular formula is C18H18N2O. The van der Waals surface area contributed by atoms with Gasteiger partial charge in [-0.25, -0.2) is 0 Å². The molecule has 2 heterocycles. The zero-order valence-electron chi connectivity index (χ0n) is 11.8. The molecule has 0 amide bonds. The highest BCUT2D eigenvalue weighted by molar-refractivity contribution is 5.80. The zero-order valence-corrected chi connectivity index (χ0v) is 11.8. The lowest BCUT2D eigenvalue weighted by Crippen LogP contribution is -2.20. The Kier molecular flexibility index (Phi) is 2.93. The predicted octanol–water partition coefficient (Wildman–Crippen LogP) is 3.10. The van der Waals surface area contributed by atoms with Crippen LogP contribution in [0.1, 0.15) is 11.1 Å². The summed E-state index contributed by atoms with van der Waals surface area (Å²) < 4.78 is 8.30. The molecule has 2 N–H and O–H groups in total. The van der Waals surface area contributed by atoms with E-state index in [9.17, 15) is 0 Å². The van der Waals surface area contributed by atoms with Crippen molar-refractivity contribution in [1.29, 1.82) is 0 Å². The van der Waals surface area contributed by atoms with Gasteiger partial charge in [0.05, 0.1) is 6.54 Å². The molecule has 21 heavy (non-hydrogen) atoms. The molecule has 0 fully saturated rings. The maximum Gasteiger partial charge on any atom is 0.123 e. The topological polar surface area (TPSA) is 40.2 Å². The molecule has 1 atom stereocenters. The Bertz CT molecular complexity index is 766. The molecule has 1 aliphatic rings. The average molecular weight is 278 g/mol. The zero-order chi connectivity index (χ0) is 14.2. The number of benzene rings is 2. The van der Waals surface area contributed by atoms with E-state index in [4.69, 9.17) is 10.5 Å². The minimum Gasteiger partial charge on any atom is -0.488 e. The number of para-hydroxylation sites is 1. The first-order valence-electron chi connectivity index (χ1n) is 7.36. The molecule has 3 nitrogen and oxygen atoms in total. The quantitative estimate of drug-likeness (QED) is 0.799. The normalized spacial score (nSPS) is 16.9. The number of fused-ring (bicyclic) bond motifs is 2. The molecule has 3 aromatic rings. The second-order valence-corrected chi connectivity index (χ2v) is 5.62. The molecule has 106 valence electrons. The second-order valence-electron chi connectivity index (χ2n) is 5.62. The van der Waals surface area contributed by atoms with Crippen LogP contribution in [0.2, 0.25) is 0 Å². The first-order valence-corrected chi connectivity index (χ1v) is 7.36. The van der Waals surface area contributed by atoms with E-state index < -0.39 is 0 Å². The van der Waals surface area contributed by atoms with Crippen molar-refractivity contribution in [2.75, 3.05) is 0 Å². The van der Waals surface area contributed by atoms with Gasteiger partial charge in [-0.05, 0) is 40.8 Å². The van der Waals surface area contributed by atoms with Gasteiger partial charge < -0.3 is 15.0 Å². The molecule has 1 aromatic heterocycles.